The molecule has 0 bridgehead atoms. The third kappa shape index (κ3) is 5.96. The fourth-order valence-electron chi connectivity index (χ4n) is 2.49. The van der Waals surface area contributed by atoms with Crippen LogP contribution in [-0.4, -0.2) is 18.8 Å². The Morgan fingerprint density at radius 3 is 2.52 bits per heavy atom. The van der Waals surface area contributed by atoms with Crippen LogP contribution in [0.1, 0.15) is 52.0 Å². The number of benzene rings is 1. The van der Waals surface area contributed by atoms with Crippen LogP contribution >= 0.6 is 0 Å². The summed E-state index contributed by atoms with van der Waals surface area (Å²) in [6, 6.07) is 5.54. The van der Waals surface area contributed by atoms with E-state index in [4.69, 9.17) is 9.47 Å². The van der Waals surface area contributed by atoms with E-state index in [1.807, 2.05) is 18.2 Å². The summed E-state index contributed by atoms with van der Waals surface area (Å²) < 4.78 is 11.1. The van der Waals surface area contributed by atoms with Crippen molar-refractivity contribution < 1.29 is 14.6 Å². The second-order valence-electron chi connectivity index (χ2n) is 5.79. The highest BCUT2D eigenvalue weighted by Crippen LogP contribution is 2.26. The molecule has 0 fully saturated rings. The highest BCUT2D eigenvalue weighted by molar-refractivity contribution is 5.40. The van der Waals surface area contributed by atoms with Crippen molar-refractivity contribution in [3.63, 3.8) is 0 Å². The number of aliphatic hydroxyl groups is 1. The summed E-state index contributed by atoms with van der Waals surface area (Å²) >= 11 is 0. The quantitative estimate of drug-likeness (QED) is 0.694. The van der Waals surface area contributed by atoms with Gasteiger partial charge in [0.2, 0.25) is 0 Å². The minimum absolute atomic E-state index is 0.0105. The maximum atomic E-state index is 9.37. The fraction of sp³-hybridized carbons (Fsp3) is 0.667. The Bertz CT molecular complexity index is 403. The van der Waals surface area contributed by atoms with Crippen molar-refractivity contribution in [2.45, 2.75) is 53.1 Å². The molecule has 2 unspecified atom stereocenters. The highest BCUT2D eigenvalue weighted by Gasteiger charge is 2.12. The van der Waals surface area contributed by atoms with Crippen molar-refractivity contribution in [1.82, 2.24) is 0 Å². The number of hydrogen-bond acceptors (Lipinski definition) is 3. The van der Waals surface area contributed by atoms with Gasteiger partial charge in [-0.1, -0.05) is 33.6 Å². The number of rotatable bonds is 10. The maximum absolute atomic E-state index is 9.37. The molecule has 0 amide bonds. The lowest BCUT2D eigenvalue weighted by molar-refractivity contribution is 0.237. The zero-order valence-corrected chi connectivity index (χ0v) is 13.9. The average molecular weight is 294 g/mol. The van der Waals surface area contributed by atoms with Crippen molar-refractivity contribution in [2.75, 3.05) is 13.7 Å². The van der Waals surface area contributed by atoms with Crippen molar-refractivity contribution in [1.29, 1.82) is 0 Å². The molecule has 2 atom stereocenters. The van der Waals surface area contributed by atoms with Crippen LogP contribution in [0, 0.1) is 11.8 Å². The first-order valence-electron chi connectivity index (χ1n) is 8.05. The highest BCUT2D eigenvalue weighted by atomic mass is 16.5. The van der Waals surface area contributed by atoms with Crippen LogP contribution in [0.4, 0.5) is 0 Å². The molecule has 21 heavy (non-hydrogen) atoms. The van der Waals surface area contributed by atoms with Gasteiger partial charge in [0, 0.05) is 11.6 Å². The first-order valence-corrected chi connectivity index (χ1v) is 8.05. The molecule has 0 radical (unpaired) electrons. The van der Waals surface area contributed by atoms with E-state index in [0.29, 0.717) is 12.5 Å². The van der Waals surface area contributed by atoms with E-state index >= 15 is 0 Å². The van der Waals surface area contributed by atoms with Crippen molar-refractivity contribution >= 4 is 0 Å². The monoisotopic (exact) mass is 294 g/mol. The molecule has 1 aromatic rings. The van der Waals surface area contributed by atoms with Crippen LogP contribution in [0.3, 0.4) is 0 Å². The van der Waals surface area contributed by atoms with E-state index in [2.05, 4.69) is 20.8 Å². The minimum atomic E-state index is -0.0105. The normalized spacial score (nSPS) is 13.8. The van der Waals surface area contributed by atoms with Gasteiger partial charge < -0.3 is 14.6 Å². The third-order valence-electron chi connectivity index (χ3n) is 4.24. The van der Waals surface area contributed by atoms with Crippen molar-refractivity contribution in [3.05, 3.63) is 23.8 Å². The molecule has 1 aromatic carbocycles. The van der Waals surface area contributed by atoms with Crippen LogP contribution in [0.5, 0.6) is 11.5 Å². The van der Waals surface area contributed by atoms with Crippen molar-refractivity contribution in [3.8, 4) is 11.5 Å². The molecule has 0 saturated carbocycles. The summed E-state index contributed by atoms with van der Waals surface area (Å²) in [6.45, 7) is 7.49. The Kier molecular flexibility index (Phi) is 8.21. The van der Waals surface area contributed by atoms with Gasteiger partial charge >= 0.3 is 0 Å². The van der Waals surface area contributed by atoms with Gasteiger partial charge in [0.05, 0.1) is 20.3 Å². The van der Waals surface area contributed by atoms with Crippen LogP contribution in [-0.2, 0) is 6.61 Å². The van der Waals surface area contributed by atoms with Gasteiger partial charge in [0.1, 0.15) is 11.5 Å². The molecule has 0 spiro atoms. The zero-order valence-electron chi connectivity index (χ0n) is 13.9. The predicted molar refractivity (Wildman–Crippen MR) is 86.9 cm³/mol. The van der Waals surface area contributed by atoms with E-state index in [1.165, 1.54) is 19.3 Å². The molecule has 0 aliphatic heterocycles. The van der Waals surface area contributed by atoms with Gasteiger partial charge in [-0.25, -0.2) is 0 Å². The summed E-state index contributed by atoms with van der Waals surface area (Å²) in [4.78, 5) is 0. The largest absolute Gasteiger partial charge is 0.497 e. The van der Waals surface area contributed by atoms with E-state index in [-0.39, 0.29) is 6.61 Å². The summed E-state index contributed by atoms with van der Waals surface area (Å²) in [5.41, 5.74) is 0.811. The molecule has 3 nitrogen and oxygen atoms in total. The first kappa shape index (κ1) is 17.8. The molecule has 1 rings (SSSR count). The average Bonchev–Trinajstić information content (AvgIpc) is 2.53. The molecule has 0 heterocycles. The molecule has 0 aromatic heterocycles. The minimum Gasteiger partial charge on any atom is -0.497 e. The smallest absolute Gasteiger partial charge is 0.128 e. The number of methoxy groups -OCH3 is 1. The van der Waals surface area contributed by atoms with Crippen LogP contribution < -0.4 is 9.47 Å². The Morgan fingerprint density at radius 2 is 1.95 bits per heavy atom. The Labute approximate surface area is 129 Å². The first-order chi connectivity index (χ1) is 10.1. The Hall–Kier alpha value is -1.22. The molecule has 0 aliphatic carbocycles. The third-order valence-corrected chi connectivity index (χ3v) is 4.24. The summed E-state index contributed by atoms with van der Waals surface area (Å²) in [5.74, 6) is 2.98. The SMILES string of the molecule is CCC(C)CC(CC)CCOc1cc(OC)ccc1CO. The lowest BCUT2D eigenvalue weighted by Crippen LogP contribution is -2.10. The molecular formula is C18H30O3. The molecule has 3 heteroatoms. The Balaban J connectivity index is 2.53. The van der Waals surface area contributed by atoms with Gasteiger partial charge in [0.25, 0.3) is 0 Å². The number of ether oxygens (including phenoxy) is 2. The van der Waals surface area contributed by atoms with Gasteiger partial charge in [-0.05, 0) is 36.8 Å². The lowest BCUT2D eigenvalue weighted by Gasteiger charge is -2.19. The summed E-state index contributed by atoms with van der Waals surface area (Å²) in [5, 5.41) is 9.37. The topological polar surface area (TPSA) is 38.7 Å². The number of aliphatic hydroxyl groups excluding tert-OH is 1. The van der Waals surface area contributed by atoms with Crippen LogP contribution in [0.15, 0.2) is 18.2 Å². The van der Waals surface area contributed by atoms with Gasteiger partial charge in [-0.3, -0.25) is 0 Å². The van der Waals surface area contributed by atoms with Gasteiger partial charge in [0.15, 0.2) is 0 Å². The summed E-state index contributed by atoms with van der Waals surface area (Å²) in [6.07, 6.45) is 4.75. The summed E-state index contributed by atoms with van der Waals surface area (Å²) in [7, 11) is 1.64. The molecule has 120 valence electrons. The fourth-order valence-corrected chi connectivity index (χ4v) is 2.49. The second-order valence-corrected chi connectivity index (χ2v) is 5.79. The van der Waals surface area contributed by atoms with E-state index < -0.39 is 0 Å². The standard InChI is InChI=1S/C18H30O3/c1-5-14(3)11-15(6-2)9-10-21-18-12-17(20-4)8-7-16(18)13-19/h7-8,12,14-15,19H,5-6,9-11,13H2,1-4H3. The molecule has 1 N–H and O–H groups in total. The van der Waals surface area contributed by atoms with Gasteiger partial charge in [-0.2, -0.15) is 0 Å². The van der Waals surface area contributed by atoms with E-state index in [9.17, 15) is 5.11 Å². The van der Waals surface area contributed by atoms with E-state index in [0.717, 1.165) is 29.4 Å². The molecule has 0 saturated heterocycles. The number of hydrogen-bond donors (Lipinski definition) is 1. The van der Waals surface area contributed by atoms with Crippen molar-refractivity contribution in [2.24, 2.45) is 11.8 Å². The molecular weight excluding hydrogens is 264 g/mol. The van der Waals surface area contributed by atoms with Crippen LogP contribution in [0.25, 0.3) is 0 Å². The zero-order chi connectivity index (χ0) is 15.7. The maximum Gasteiger partial charge on any atom is 0.128 e. The molecule has 0 aliphatic rings. The predicted octanol–water partition coefficient (Wildman–Crippen LogP) is 4.42. The lowest BCUT2D eigenvalue weighted by atomic mass is 9.90. The van der Waals surface area contributed by atoms with E-state index in [1.54, 1.807) is 7.11 Å². The van der Waals surface area contributed by atoms with Crippen LogP contribution in [0.2, 0.25) is 0 Å². The Morgan fingerprint density at radius 1 is 1.19 bits per heavy atom. The van der Waals surface area contributed by atoms with Gasteiger partial charge in [-0.15, -0.1) is 0 Å². The second kappa shape index (κ2) is 9.67.